The van der Waals surface area contributed by atoms with Gasteiger partial charge in [0, 0.05) is 25.9 Å². The largest absolute Gasteiger partial charge is 0.339 e. The molecule has 1 amide bonds. The van der Waals surface area contributed by atoms with Crippen molar-refractivity contribution in [3.8, 4) is 0 Å². The Balaban J connectivity index is 2.23. The van der Waals surface area contributed by atoms with Crippen molar-refractivity contribution >= 4 is 5.91 Å². The first-order chi connectivity index (χ1) is 9.58. The Labute approximate surface area is 114 Å². The summed E-state index contributed by atoms with van der Waals surface area (Å²) in [5.41, 5.74) is 0.736. The smallest absolute Gasteiger partial charge is 0.329 e. The van der Waals surface area contributed by atoms with E-state index in [1.807, 2.05) is 24.3 Å². The molecule has 0 saturated heterocycles. The molecule has 102 valence electrons. The number of hydrogen-bond acceptors (Lipinski definition) is 3. The van der Waals surface area contributed by atoms with Gasteiger partial charge in [0.05, 0.1) is 0 Å². The van der Waals surface area contributed by atoms with Crippen LogP contribution in [0, 0.1) is 0 Å². The van der Waals surface area contributed by atoms with Gasteiger partial charge in [-0.25, -0.2) is 4.79 Å². The van der Waals surface area contributed by atoms with Crippen LogP contribution in [0.1, 0.15) is 17.2 Å². The fraction of sp³-hybridized carbons (Fsp3) is 0.214. The molecule has 1 aromatic carbocycles. The van der Waals surface area contributed by atoms with Crippen molar-refractivity contribution in [3.05, 3.63) is 68.5 Å². The zero-order chi connectivity index (χ0) is 14.3. The zero-order valence-electron chi connectivity index (χ0n) is 10.9. The number of nitrogens with zero attached hydrogens (tertiary/aromatic N) is 2. The summed E-state index contributed by atoms with van der Waals surface area (Å²) in [6.45, 7) is 0.517. The van der Waals surface area contributed by atoms with E-state index in [2.05, 4.69) is 4.98 Å². The second-order valence-electron chi connectivity index (χ2n) is 4.81. The summed E-state index contributed by atoms with van der Waals surface area (Å²) < 4.78 is 1.26. The molecule has 0 aliphatic carbocycles. The van der Waals surface area contributed by atoms with Crippen molar-refractivity contribution in [1.82, 2.24) is 14.5 Å². The zero-order valence-corrected chi connectivity index (χ0v) is 10.9. The number of likely N-dealkylation sites (N-methyl/N-ethyl adjacent to an activating group) is 1. The molecule has 1 N–H and O–H groups in total. The molecule has 6 nitrogen and oxygen atoms in total. The lowest BCUT2D eigenvalue weighted by atomic mass is 9.95. The van der Waals surface area contributed by atoms with E-state index in [4.69, 9.17) is 0 Å². The lowest BCUT2D eigenvalue weighted by molar-refractivity contribution is -0.133. The lowest BCUT2D eigenvalue weighted by Gasteiger charge is -2.32. The summed E-state index contributed by atoms with van der Waals surface area (Å²) in [6, 6.07) is 8.02. The van der Waals surface area contributed by atoms with E-state index in [-0.39, 0.29) is 5.91 Å². The van der Waals surface area contributed by atoms with Crippen LogP contribution in [-0.2, 0) is 11.3 Å². The number of amides is 1. The van der Waals surface area contributed by atoms with Crippen molar-refractivity contribution < 1.29 is 4.79 Å². The van der Waals surface area contributed by atoms with Gasteiger partial charge in [0.1, 0.15) is 6.04 Å². The third kappa shape index (κ3) is 1.85. The van der Waals surface area contributed by atoms with E-state index >= 15 is 0 Å². The molecule has 0 saturated carbocycles. The molecule has 3 rings (SSSR count). The van der Waals surface area contributed by atoms with E-state index in [9.17, 15) is 14.4 Å². The van der Waals surface area contributed by atoms with Crippen molar-refractivity contribution in [3.63, 3.8) is 0 Å². The van der Waals surface area contributed by atoms with Crippen LogP contribution < -0.4 is 11.2 Å². The highest BCUT2D eigenvalue weighted by atomic mass is 16.2. The quantitative estimate of drug-likeness (QED) is 0.799. The first-order valence-corrected chi connectivity index (χ1v) is 6.22. The Bertz CT molecular complexity index is 790. The van der Waals surface area contributed by atoms with Crippen LogP contribution >= 0.6 is 0 Å². The Morgan fingerprint density at radius 2 is 1.90 bits per heavy atom. The van der Waals surface area contributed by atoms with Gasteiger partial charge in [-0.3, -0.25) is 19.1 Å². The molecule has 20 heavy (non-hydrogen) atoms. The molecule has 0 bridgehead atoms. The van der Waals surface area contributed by atoms with Crippen molar-refractivity contribution in [1.29, 1.82) is 0 Å². The van der Waals surface area contributed by atoms with Gasteiger partial charge in [-0.15, -0.1) is 0 Å². The Morgan fingerprint density at radius 3 is 2.65 bits per heavy atom. The van der Waals surface area contributed by atoms with Gasteiger partial charge in [-0.2, -0.15) is 0 Å². The molecule has 6 heteroatoms. The molecule has 1 atom stereocenters. The Kier molecular flexibility index (Phi) is 2.78. The first kappa shape index (κ1) is 12.4. The van der Waals surface area contributed by atoms with Crippen molar-refractivity contribution in [2.45, 2.75) is 12.6 Å². The van der Waals surface area contributed by atoms with Gasteiger partial charge >= 0.3 is 5.69 Å². The maximum atomic E-state index is 12.4. The summed E-state index contributed by atoms with van der Waals surface area (Å²) in [6.07, 6.45) is 1.36. The highest BCUT2D eigenvalue weighted by Gasteiger charge is 2.32. The molecule has 1 unspecified atom stereocenters. The molecule has 1 aromatic heterocycles. The van der Waals surface area contributed by atoms with Crippen LogP contribution in [-0.4, -0.2) is 27.4 Å². The van der Waals surface area contributed by atoms with E-state index in [0.717, 1.165) is 11.1 Å². The summed E-state index contributed by atoms with van der Waals surface area (Å²) in [5, 5.41) is 0. The fourth-order valence-corrected chi connectivity index (χ4v) is 2.52. The van der Waals surface area contributed by atoms with Crippen LogP contribution in [0.25, 0.3) is 0 Å². The second kappa shape index (κ2) is 4.48. The van der Waals surface area contributed by atoms with Crippen LogP contribution in [0.15, 0.2) is 46.1 Å². The minimum absolute atomic E-state index is 0.169. The van der Waals surface area contributed by atoms with E-state index < -0.39 is 17.3 Å². The molecule has 1 aliphatic heterocycles. The van der Waals surface area contributed by atoms with Gasteiger partial charge in [-0.1, -0.05) is 24.3 Å². The predicted molar refractivity (Wildman–Crippen MR) is 72.4 cm³/mol. The maximum absolute atomic E-state index is 12.4. The van der Waals surface area contributed by atoms with E-state index in [1.165, 1.54) is 16.8 Å². The minimum Gasteiger partial charge on any atom is -0.339 e. The van der Waals surface area contributed by atoms with Crippen LogP contribution in [0.5, 0.6) is 0 Å². The van der Waals surface area contributed by atoms with Crippen molar-refractivity contribution in [2.75, 3.05) is 7.05 Å². The average Bonchev–Trinajstić information content (AvgIpc) is 2.42. The standard InChI is InChI=1S/C14H13N3O3/c1-16-8-9-4-2-3-5-10(9)12(13(16)19)17-7-6-11(18)15-14(17)20/h2-7,12H,8H2,1H3,(H,15,18,20). The number of aromatic nitrogens is 2. The number of hydrogen-bond donors (Lipinski definition) is 1. The molecule has 2 heterocycles. The number of benzene rings is 1. The summed E-state index contributed by atoms with van der Waals surface area (Å²) in [5.74, 6) is -0.169. The summed E-state index contributed by atoms with van der Waals surface area (Å²) in [4.78, 5) is 39.2. The maximum Gasteiger partial charge on any atom is 0.329 e. The molecule has 0 fully saturated rings. The fourth-order valence-electron chi connectivity index (χ4n) is 2.52. The molecule has 1 aliphatic rings. The molecular weight excluding hydrogens is 258 g/mol. The van der Waals surface area contributed by atoms with Gasteiger partial charge in [0.25, 0.3) is 11.5 Å². The van der Waals surface area contributed by atoms with Crippen LogP contribution in [0.4, 0.5) is 0 Å². The van der Waals surface area contributed by atoms with Gasteiger partial charge < -0.3 is 4.90 Å². The topological polar surface area (TPSA) is 75.2 Å². The molecule has 0 spiro atoms. The number of carbonyl (C=O) groups is 1. The lowest BCUT2D eigenvalue weighted by Crippen LogP contribution is -2.44. The Hall–Kier alpha value is -2.63. The third-order valence-electron chi connectivity index (χ3n) is 3.50. The number of nitrogens with one attached hydrogen (secondary N) is 1. The van der Waals surface area contributed by atoms with Gasteiger partial charge in [0.15, 0.2) is 0 Å². The summed E-state index contributed by atoms with van der Waals surface area (Å²) >= 11 is 0. The number of carbonyl (C=O) groups excluding carboxylic acids is 1. The summed E-state index contributed by atoms with van der Waals surface area (Å²) in [7, 11) is 1.70. The van der Waals surface area contributed by atoms with Crippen LogP contribution in [0.3, 0.4) is 0 Å². The van der Waals surface area contributed by atoms with Crippen molar-refractivity contribution in [2.24, 2.45) is 0 Å². The normalized spacial score (nSPS) is 17.9. The average molecular weight is 271 g/mol. The Morgan fingerprint density at radius 1 is 1.15 bits per heavy atom. The number of fused-ring (bicyclic) bond motifs is 1. The highest BCUT2D eigenvalue weighted by Crippen LogP contribution is 2.28. The highest BCUT2D eigenvalue weighted by molar-refractivity contribution is 5.85. The SMILES string of the molecule is CN1Cc2ccccc2C(n2ccc(=O)[nH]c2=O)C1=O. The second-order valence-corrected chi connectivity index (χ2v) is 4.81. The van der Waals surface area contributed by atoms with Crippen LogP contribution in [0.2, 0.25) is 0 Å². The van der Waals surface area contributed by atoms with Gasteiger partial charge in [0.2, 0.25) is 0 Å². The molecular formula is C14H13N3O3. The first-order valence-electron chi connectivity index (χ1n) is 6.22. The molecule has 2 aromatic rings. The minimum atomic E-state index is -0.728. The predicted octanol–water partition coefficient (Wildman–Crippen LogP) is 0.0980. The van der Waals surface area contributed by atoms with Gasteiger partial charge in [-0.05, 0) is 11.1 Å². The molecule has 0 radical (unpaired) electrons. The van der Waals surface area contributed by atoms with E-state index in [1.54, 1.807) is 11.9 Å². The number of rotatable bonds is 1. The number of aromatic amines is 1. The number of H-pyrrole nitrogens is 1. The third-order valence-corrected chi connectivity index (χ3v) is 3.50. The van der Waals surface area contributed by atoms with E-state index in [0.29, 0.717) is 6.54 Å². The monoisotopic (exact) mass is 271 g/mol.